The Hall–Kier alpha value is -1.10. The molecular formula is C17H27NO3. The highest BCUT2D eigenvalue weighted by Crippen LogP contribution is 2.17. The van der Waals surface area contributed by atoms with E-state index in [0.29, 0.717) is 19.2 Å². The molecule has 1 aromatic rings. The van der Waals surface area contributed by atoms with Crippen LogP contribution in [0.15, 0.2) is 18.2 Å². The summed E-state index contributed by atoms with van der Waals surface area (Å²) in [6, 6.07) is 6.45. The minimum absolute atomic E-state index is 0.230. The van der Waals surface area contributed by atoms with Gasteiger partial charge in [-0.3, -0.25) is 4.90 Å². The molecule has 0 aromatic heterocycles. The first-order chi connectivity index (χ1) is 9.94. The van der Waals surface area contributed by atoms with E-state index in [9.17, 15) is 5.11 Å². The minimum Gasteiger partial charge on any atom is -0.491 e. The van der Waals surface area contributed by atoms with E-state index < -0.39 is 6.10 Å². The second-order valence-electron chi connectivity index (χ2n) is 6.24. The maximum atomic E-state index is 10.2. The first-order valence-corrected chi connectivity index (χ1v) is 7.69. The predicted molar refractivity (Wildman–Crippen MR) is 83.9 cm³/mol. The molecule has 0 saturated carbocycles. The van der Waals surface area contributed by atoms with E-state index >= 15 is 0 Å². The van der Waals surface area contributed by atoms with Crippen LogP contribution in [0, 0.1) is 13.8 Å². The van der Waals surface area contributed by atoms with E-state index in [1.807, 2.05) is 26.0 Å². The number of β-amino-alcohol motifs (C(OH)–C–C–N with tert-alkyl or cyclic N) is 1. The van der Waals surface area contributed by atoms with Gasteiger partial charge in [0.15, 0.2) is 0 Å². The second-order valence-corrected chi connectivity index (χ2v) is 6.24. The standard InChI is InChI=1S/C17H27NO3/c1-12-5-13(2)7-17(6-12)21-11-16(19)9-18-8-15(4)20-10-14(18)3/h5-7,14-16,19H,8-11H2,1-4H3. The van der Waals surface area contributed by atoms with Crippen LogP contribution in [0.2, 0.25) is 0 Å². The van der Waals surface area contributed by atoms with Crippen LogP contribution in [0.25, 0.3) is 0 Å². The van der Waals surface area contributed by atoms with Crippen molar-refractivity contribution >= 4 is 0 Å². The van der Waals surface area contributed by atoms with E-state index in [4.69, 9.17) is 9.47 Å². The lowest BCUT2D eigenvalue weighted by atomic mass is 10.1. The van der Waals surface area contributed by atoms with Crippen molar-refractivity contribution in [2.45, 2.75) is 45.9 Å². The topological polar surface area (TPSA) is 41.9 Å². The summed E-state index contributed by atoms with van der Waals surface area (Å²) in [5.41, 5.74) is 2.35. The number of hydrogen-bond acceptors (Lipinski definition) is 4. The summed E-state index contributed by atoms with van der Waals surface area (Å²) in [6.07, 6.45) is -0.257. The molecule has 0 spiro atoms. The van der Waals surface area contributed by atoms with Crippen LogP contribution in [-0.2, 0) is 4.74 Å². The zero-order valence-electron chi connectivity index (χ0n) is 13.5. The molecule has 4 nitrogen and oxygen atoms in total. The van der Waals surface area contributed by atoms with Crippen molar-refractivity contribution in [1.29, 1.82) is 0 Å². The van der Waals surface area contributed by atoms with Crippen LogP contribution in [0.5, 0.6) is 5.75 Å². The van der Waals surface area contributed by atoms with Crippen molar-refractivity contribution in [3.05, 3.63) is 29.3 Å². The molecule has 0 aliphatic carbocycles. The largest absolute Gasteiger partial charge is 0.491 e. The average Bonchev–Trinajstić information content (AvgIpc) is 2.40. The van der Waals surface area contributed by atoms with Gasteiger partial charge in [-0.15, -0.1) is 0 Å². The lowest BCUT2D eigenvalue weighted by Gasteiger charge is -2.37. The van der Waals surface area contributed by atoms with Gasteiger partial charge < -0.3 is 14.6 Å². The molecule has 2 rings (SSSR count). The number of ether oxygens (including phenoxy) is 2. The van der Waals surface area contributed by atoms with Gasteiger partial charge >= 0.3 is 0 Å². The van der Waals surface area contributed by atoms with Crippen LogP contribution in [0.1, 0.15) is 25.0 Å². The molecule has 1 aliphatic heterocycles. The van der Waals surface area contributed by atoms with Crippen molar-refractivity contribution in [2.75, 3.05) is 26.3 Å². The van der Waals surface area contributed by atoms with Gasteiger partial charge in [-0.05, 0) is 51.0 Å². The summed E-state index contributed by atoms with van der Waals surface area (Å²) >= 11 is 0. The molecule has 0 bridgehead atoms. The lowest BCUT2D eigenvalue weighted by molar-refractivity contribution is -0.0650. The van der Waals surface area contributed by atoms with Gasteiger partial charge in [-0.25, -0.2) is 0 Å². The SMILES string of the molecule is Cc1cc(C)cc(OCC(O)CN2CC(C)OCC2C)c1. The Bertz CT molecular complexity index is 443. The van der Waals surface area contributed by atoms with Crippen molar-refractivity contribution in [2.24, 2.45) is 0 Å². The summed E-state index contributed by atoms with van der Waals surface area (Å²) < 4.78 is 11.3. The van der Waals surface area contributed by atoms with Crippen molar-refractivity contribution in [3.8, 4) is 5.75 Å². The van der Waals surface area contributed by atoms with Crippen molar-refractivity contribution in [1.82, 2.24) is 4.90 Å². The molecule has 4 heteroatoms. The molecule has 0 amide bonds. The van der Waals surface area contributed by atoms with Crippen LogP contribution in [-0.4, -0.2) is 54.6 Å². The van der Waals surface area contributed by atoms with Crippen LogP contribution in [0.4, 0.5) is 0 Å². The maximum absolute atomic E-state index is 10.2. The highest BCUT2D eigenvalue weighted by Gasteiger charge is 2.25. The van der Waals surface area contributed by atoms with Crippen LogP contribution < -0.4 is 4.74 Å². The third-order valence-electron chi connectivity index (χ3n) is 3.82. The van der Waals surface area contributed by atoms with Crippen LogP contribution in [0.3, 0.4) is 0 Å². The lowest BCUT2D eigenvalue weighted by Crippen LogP contribution is -2.50. The Morgan fingerprint density at radius 2 is 1.95 bits per heavy atom. The van der Waals surface area contributed by atoms with Gasteiger partial charge in [-0.1, -0.05) is 6.07 Å². The molecule has 1 fully saturated rings. The summed E-state index contributed by atoms with van der Waals surface area (Å²) in [6.45, 7) is 10.8. The van der Waals surface area contributed by atoms with Crippen LogP contribution >= 0.6 is 0 Å². The molecule has 1 heterocycles. The summed E-state index contributed by atoms with van der Waals surface area (Å²) in [5.74, 6) is 0.829. The van der Waals surface area contributed by atoms with E-state index in [2.05, 4.69) is 24.8 Å². The summed E-state index contributed by atoms with van der Waals surface area (Å²) in [5, 5.41) is 10.2. The number of benzene rings is 1. The molecule has 3 atom stereocenters. The van der Waals surface area contributed by atoms with E-state index in [1.165, 1.54) is 11.1 Å². The molecule has 1 aromatic carbocycles. The third kappa shape index (κ3) is 4.99. The minimum atomic E-state index is -0.487. The van der Waals surface area contributed by atoms with E-state index in [-0.39, 0.29) is 6.10 Å². The van der Waals surface area contributed by atoms with Gasteiger partial charge in [0, 0.05) is 19.1 Å². The Labute approximate surface area is 127 Å². The van der Waals surface area contributed by atoms with Crippen molar-refractivity contribution in [3.63, 3.8) is 0 Å². The van der Waals surface area contributed by atoms with E-state index in [1.54, 1.807) is 0 Å². The van der Waals surface area contributed by atoms with E-state index in [0.717, 1.165) is 18.9 Å². The Morgan fingerprint density at radius 3 is 2.62 bits per heavy atom. The number of aryl methyl sites for hydroxylation is 2. The normalized spacial score (nSPS) is 24.8. The number of hydrogen-bond donors (Lipinski definition) is 1. The maximum Gasteiger partial charge on any atom is 0.119 e. The fourth-order valence-corrected chi connectivity index (χ4v) is 2.76. The molecule has 3 unspecified atom stereocenters. The predicted octanol–water partition coefficient (Wildman–Crippen LogP) is 2.15. The Kier molecular flexibility index (Phi) is 5.62. The summed E-state index contributed by atoms with van der Waals surface area (Å²) in [7, 11) is 0. The van der Waals surface area contributed by atoms with Gasteiger partial charge in [0.1, 0.15) is 18.5 Å². The summed E-state index contributed by atoms with van der Waals surface area (Å²) in [4.78, 5) is 2.27. The fraction of sp³-hybridized carbons (Fsp3) is 0.647. The zero-order chi connectivity index (χ0) is 15.4. The molecule has 1 N–H and O–H groups in total. The Morgan fingerprint density at radius 1 is 1.29 bits per heavy atom. The first kappa shape index (κ1) is 16.3. The monoisotopic (exact) mass is 293 g/mol. The highest BCUT2D eigenvalue weighted by atomic mass is 16.5. The number of aliphatic hydroxyl groups is 1. The molecule has 1 aliphatic rings. The molecule has 118 valence electrons. The number of nitrogens with zero attached hydrogens (tertiary/aromatic N) is 1. The van der Waals surface area contributed by atoms with Gasteiger partial charge in [0.05, 0.1) is 12.7 Å². The molecule has 21 heavy (non-hydrogen) atoms. The quantitative estimate of drug-likeness (QED) is 0.903. The molecule has 0 radical (unpaired) electrons. The van der Waals surface area contributed by atoms with Gasteiger partial charge in [0.25, 0.3) is 0 Å². The number of morpholine rings is 1. The van der Waals surface area contributed by atoms with Crippen molar-refractivity contribution < 1.29 is 14.6 Å². The third-order valence-corrected chi connectivity index (χ3v) is 3.82. The van der Waals surface area contributed by atoms with Gasteiger partial charge in [0.2, 0.25) is 0 Å². The smallest absolute Gasteiger partial charge is 0.119 e. The zero-order valence-corrected chi connectivity index (χ0v) is 13.5. The highest BCUT2D eigenvalue weighted by molar-refractivity contribution is 5.32. The number of rotatable bonds is 5. The number of aliphatic hydroxyl groups excluding tert-OH is 1. The first-order valence-electron chi connectivity index (χ1n) is 7.69. The molecular weight excluding hydrogens is 266 g/mol. The fourth-order valence-electron chi connectivity index (χ4n) is 2.76. The average molecular weight is 293 g/mol. The molecule has 1 saturated heterocycles. The second kappa shape index (κ2) is 7.25. The Balaban J connectivity index is 1.82. The van der Waals surface area contributed by atoms with Gasteiger partial charge in [-0.2, -0.15) is 0 Å².